The van der Waals surface area contributed by atoms with E-state index in [1.807, 2.05) is 30.2 Å². The third kappa shape index (κ3) is 2.21. The van der Waals surface area contributed by atoms with Gasteiger partial charge in [-0.3, -0.25) is 0 Å². The van der Waals surface area contributed by atoms with Crippen molar-refractivity contribution in [2.24, 2.45) is 14.1 Å². The predicted molar refractivity (Wildman–Crippen MR) is 87.3 cm³/mol. The van der Waals surface area contributed by atoms with E-state index in [0.717, 1.165) is 17.2 Å². The zero-order valence-corrected chi connectivity index (χ0v) is 13.8. The molecule has 0 fully saturated rings. The first-order valence-electron chi connectivity index (χ1n) is 7.40. The van der Waals surface area contributed by atoms with Crippen LogP contribution in [0.2, 0.25) is 0 Å². The van der Waals surface area contributed by atoms with Crippen molar-refractivity contribution in [3.05, 3.63) is 53.7 Å². The summed E-state index contributed by atoms with van der Waals surface area (Å²) in [5.74, 6) is 1.02. The highest BCUT2D eigenvalue weighted by Gasteiger charge is 2.16. The molecule has 0 amide bonds. The van der Waals surface area contributed by atoms with E-state index in [9.17, 15) is 0 Å². The molecule has 0 aliphatic rings. The van der Waals surface area contributed by atoms with Crippen LogP contribution in [0.4, 0.5) is 0 Å². The largest absolute Gasteiger partial charge is 0.331 e. The molecule has 112 valence electrons. The minimum atomic E-state index is 1.02. The lowest BCUT2D eigenvalue weighted by atomic mass is 9.99. The number of nitrogens with zero attached hydrogens (tertiary/aromatic N) is 4. The normalized spacial score (nSPS) is 11.0. The van der Waals surface area contributed by atoms with Crippen molar-refractivity contribution in [3.63, 3.8) is 0 Å². The first-order chi connectivity index (χ1) is 10.5. The Morgan fingerprint density at radius 3 is 2.41 bits per heavy atom. The van der Waals surface area contributed by atoms with Gasteiger partial charge in [-0.1, -0.05) is 23.2 Å². The Morgan fingerprint density at radius 2 is 1.77 bits per heavy atom. The van der Waals surface area contributed by atoms with Crippen molar-refractivity contribution >= 4 is 0 Å². The Balaban J connectivity index is 2.22. The minimum Gasteiger partial charge on any atom is -0.331 e. The predicted octanol–water partition coefficient (Wildman–Crippen LogP) is 2.90. The van der Waals surface area contributed by atoms with Crippen LogP contribution in [0.15, 0.2) is 36.8 Å². The van der Waals surface area contributed by atoms with Gasteiger partial charge in [0.05, 0.1) is 12.7 Å². The number of aromatic nitrogens is 4. The standard InChI is InChI=1S/C18H21N4/c1-12-15(17-9-10-19-11-21(17)4)7-6-8-16(12)18-20-13(2)14(3)22(18)5/h6-11H,1-5H3/q+1. The zero-order chi connectivity index (χ0) is 15.9. The van der Waals surface area contributed by atoms with E-state index >= 15 is 0 Å². The molecule has 0 aliphatic carbocycles. The van der Waals surface area contributed by atoms with Crippen LogP contribution in [-0.2, 0) is 14.1 Å². The molecule has 3 rings (SSSR count). The molecule has 1 aromatic carbocycles. The van der Waals surface area contributed by atoms with Crippen LogP contribution in [0, 0.1) is 20.8 Å². The maximum atomic E-state index is 4.74. The van der Waals surface area contributed by atoms with Gasteiger partial charge in [0.1, 0.15) is 17.7 Å². The molecule has 4 heteroatoms. The summed E-state index contributed by atoms with van der Waals surface area (Å²) in [5.41, 5.74) is 7.05. The van der Waals surface area contributed by atoms with E-state index in [-0.39, 0.29) is 0 Å². The fourth-order valence-corrected chi connectivity index (χ4v) is 2.82. The molecule has 0 spiro atoms. The molecule has 2 aromatic heterocycles. The lowest BCUT2D eigenvalue weighted by Gasteiger charge is -2.11. The molecule has 2 heterocycles. The van der Waals surface area contributed by atoms with Gasteiger partial charge < -0.3 is 4.57 Å². The van der Waals surface area contributed by atoms with Crippen LogP contribution >= 0.6 is 0 Å². The molecule has 0 saturated heterocycles. The smallest absolute Gasteiger partial charge is 0.286 e. The minimum absolute atomic E-state index is 1.02. The van der Waals surface area contributed by atoms with Gasteiger partial charge in [-0.2, -0.15) is 0 Å². The topological polar surface area (TPSA) is 34.6 Å². The van der Waals surface area contributed by atoms with Gasteiger partial charge in [-0.25, -0.2) is 9.55 Å². The Bertz CT molecular complexity index is 846. The van der Waals surface area contributed by atoms with Gasteiger partial charge in [0, 0.05) is 29.9 Å². The molecule has 4 nitrogen and oxygen atoms in total. The molecular weight excluding hydrogens is 272 g/mol. The first kappa shape index (κ1) is 14.4. The number of benzene rings is 1. The van der Waals surface area contributed by atoms with E-state index in [4.69, 9.17) is 4.98 Å². The Kier molecular flexibility index (Phi) is 3.53. The van der Waals surface area contributed by atoms with Gasteiger partial charge in [0.25, 0.3) is 6.33 Å². The summed E-state index contributed by atoms with van der Waals surface area (Å²) in [6.45, 7) is 6.32. The van der Waals surface area contributed by atoms with Gasteiger partial charge >= 0.3 is 0 Å². The summed E-state index contributed by atoms with van der Waals surface area (Å²) in [7, 11) is 4.09. The van der Waals surface area contributed by atoms with Crippen LogP contribution in [0.1, 0.15) is 17.0 Å². The van der Waals surface area contributed by atoms with E-state index < -0.39 is 0 Å². The lowest BCUT2D eigenvalue weighted by Crippen LogP contribution is -2.31. The van der Waals surface area contributed by atoms with Crippen molar-refractivity contribution in [1.82, 2.24) is 14.5 Å². The molecule has 0 radical (unpaired) electrons. The summed E-state index contributed by atoms with van der Waals surface area (Å²) >= 11 is 0. The highest BCUT2D eigenvalue weighted by molar-refractivity contribution is 5.73. The molecule has 0 saturated carbocycles. The first-order valence-corrected chi connectivity index (χ1v) is 7.40. The second-order valence-electron chi connectivity index (χ2n) is 5.72. The number of hydrogen-bond acceptors (Lipinski definition) is 2. The molecule has 0 N–H and O–H groups in total. The second kappa shape index (κ2) is 5.37. The highest BCUT2D eigenvalue weighted by Crippen LogP contribution is 2.30. The molecule has 22 heavy (non-hydrogen) atoms. The van der Waals surface area contributed by atoms with Gasteiger partial charge in [-0.05, 0) is 26.3 Å². The average molecular weight is 293 g/mol. The van der Waals surface area contributed by atoms with Crippen molar-refractivity contribution < 1.29 is 4.57 Å². The maximum absolute atomic E-state index is 4.74. The fourth-order valence-electron chi connectivity index (χ4n) is 2.82. The van der Waals surface area contributed by atoms with Crippen LogP contribution in [0.3, 0.4) is 0 Å². The number of aryl methyl sites for hydroxylation is 2. The Labute approximate surface area is 131 Å². The van der Waals surface area contributed by atoms with Crippen LogP contribution < -0.4 is 4.57 Å². The highest BCUT2D eigenvalue weighted by atomic mass is 15.1. The summed E-state index contributed by atoms with van der Waals surface area (Å²) in [5, 5.41) is 0. The van der Waals surface area contributed by atoms with E-state index in [2.05, 4.69) is 55.6 Å². The number of rotatable bonds is 2. The molecule has 0 aliphatic heterocycles. The third-order valence-electron chi connectivity index (χ3n) is 4.41. The van der Waals surface area contributed by atoms with E-state index in [1.165, 1.54) is 22.4 Å². The monoisotopic (exact) mass is 293 g/mol. The molecule has 3 aromatic rings. The van der Waals surface area contributed by atoms with Crippen molar-refractivity contribution in [3.8, 4) is 22.6 Å². The van der Waals surface area contributed by atoms with E-state index in [1.54, 1.807) is 0 Å². The van der Waals surface area contributed by atoms with Crippen LogP contribution in [-0.4, -0.2) is 14.5 Å². The number of imidazole rings is 1. The SMILES string of the molecule is Cc1nc(-c2cccc(-c3ccnc[n+]3C)c2C)n(C)c1C. The van der Waals surface area contributed by atoms with E-state index in [0.29, 0.717) is 0 Å². The van der Waals surface area contributed by atoms with Crippen LogP contribution in [0.25, 0.3) is 22.6 Å². The summed E-state index contributed by atoms with van der Waals surface area (Å²) in [6, 6.07) is 8.43. The summed E-state index contributed by atoms with van der Waals surface area (Å²) < 4.78 is 4.20. The van der Waals surface area contributed by atoms with Crippen LogP contribution in [0.5, 0.6) is 0 Å². The summed E-state index contributed by atoms with van der Waals surface area (Å²) in [6.07, 6.45) is 3.66. The Hall–Kier alpha value is -2.49. The van der Waals surface area contributed by atoms with Crippen molar-refractivity contribution in [2.45, 2.75) is 20.8 Å². The van der Waals surface area contributed by atoms with Gasteiger partial charge in [0.2, 0.25) is 0 Å². The molecular formula is C18H21N4+. The Morgan fingerprint density at radius 1 is 1.05 bits per heavy atom. The molecule has 0 bridgehead atoms. The van der Waals surface area contributed by atoms with Crippen molar-refractivity contribution in [2.75, 3.05) is 0 Å². The third-order valence-corrected chi connectivity index (χ3v) is 4.41. The van der Waals surface area contributed by atoms with Gasteiger partial charge in [-0.15, -0.1) is 0 Å². The molecule has 0 unspecified atom stereocenters. The fraction of sp³-hybridized carbons (Fsp3) is 0.278. The zero-order valence-electron chi connectivity index (χ0n) is 13.8. The average Bonchev–Trinajstić information content (AvgIpc) is 2.76. The lowest BCUT2D eigenvalue weighted by molar-refractivity contribution is -0.663. The second-order valence-corrected chi connectivity index (χ2v) is 5.72. The number of hydrogen-bond donors (Lipinski definition) is 0. The molecule has 0 atom stereocenters. The quantitative estimate of drug-likeness (QED) is 0.681. The van der Waals surface area contributed by atoms with Gasteiger partial charge in [0.15, 0.2) is 0 Å². The van der Waals surface area contributed by atoms with Crippen molar-refractivity contribution in [1.29, 1.82) is 0 Å². The maximum Gasteiger partial charge on any atom is 0.286 e. The summed E-state index contributed by atoms with van der Waals surface area (Å²) in [4.78, 5) is 8.90.